The fraction of sp³-hybridized carbons (Fsp3) is 0.174. The molecular weight excluding hydrogens is 409 g/mol. The van der Waals surface area contributed by atoms with Crippen molar-refractivity contribution >= 4 is 11.4 Å². The van der Waals surface area contributed by atoms with Gasteiger partial charge in [-0.05, 0) is 43.3 Å². The van der Waals surface area contributed by atoms with Crippen LogP contribution in [0.5, 0.6) is 0 Å². The maximum absolute atomic E-state index is 13.4. The molecule has 0 saturated carbocycles. The van der Waals surface area contributed by atoms with Gasteiger partial charge in [-0.25, -0.2) is 18.9 Å². The number of nitrogens with zero attached hydrogens (tertiary/aromatic N) is 7. The van der Waals surface area contributed by atoms with Gasteiger partial charge in [0.25, 0.3) is 0 Å². The van der Waals surface area contributed by atoms with Crippen molar-refractivity contribution in [2.75, 3.05) is 0 Å². The Balaban J connectivity index is 1.52. The summed E-state index contributed by atoms with van der Waals surface area (Å²) in [6, 6.07) is 9.98. The first kappa shape index (κ1) is 19.8. The molecule has 0 radical (unpaired) electrons. The van der Waals surface area contributed by atoms with Crippen LogP contribution < -0.4 is 0 Å². The summed E-state index contributed by atoms with van der Waals surface area (Å²) < 4.78 is 18.6. The lowest BCUT2D eigenvalue weighted by Gasteiger charge is -2.07. The lowest BCUT2D eigenvalue weighted by Crippen LogP contribution is -2.02. The molecule has 4 aromatic heterocycles. The van der Waals surface area contributed by atoms with Gasteiger partial charge in [-0.2, -0.15) is 10.2 Å². The number of hydrogen-bond donors (Lipinski definition) is 0. The molecule has 0 spiro atoms. The molecule has 1 aromatic carbocycles. The van der Waals surface area contributed by atoms with E-state index in [2.05, 4.69) is 15.1 Å². The van der Waals surface area contributed by atoms with E-state index in [1.54, 1.807) is 47.0 Å². The van der Waals surface area contributed by atoms with Crippen LogP contribution in [0.1, 0.15) is 21.9 Å². The van der Waals surface area contributed by atoms with Crippen molar-refractivity contribution in [2.45, 2.75) is 13.3 Å². The molecule has 0 amide bonds. The van der Waals surface area contributed by atoms with E-state index in [1.165, 1.54) is 12.1 Å². The number of Topliss-reactive ketones (excluding diaryl/α,β-unsaturated/α-hetero) is 1. The highest BCUT2D eigenvalue weighted by atomic mass is 19.1. The minimum Gasteiger partial charge on any atom is -0.330 e. The van der Waals surface area contributed by atoms with Crippen LogP contribution in [0.2, 0.25) is 0 Å². The molecule has 0 atom stereocenters. The fourth-order valence-electron chi connectivity index (χ4n) is 3.69. The Labute approximate surface area is 183 Å². The van der Waals surface area contributed by atoms with Crippen molar-refractivity contribution in [3.05, 3.63) is 77.9 Å². The zero-order valence-electron chi connectivity index (χ0n) is 17.8. The molecule has 0 saturated heterocycles. The van der Waals surface area contributed by atoms with Crippen molar-refractivity contribution < 1.29 is 9.18 Å². The zero-order valence-corrected chi connectivity index (χ0v) is 17.8. The van der Waals surface area contributed by atoms with E-state index < -0.39 is 0 Å². The SMILES string of the molecule is Cc1nc(-c2ccc(F)cc2)c(-c2ccc3nc(CC(=O)c4cnn(C)c4)cn3n2)n1C. The topological polar surface area (TPSA) is 82.9 Å². The Morgan fingerprint density at radius 2 is 1.81 bits per heavy atom. The van der Waals surface area contributed by atoms with Crippen molar-refractivity contribution in [3.63, 3.8) is 0 Å². The average molecular weight is 429 g/mol. The number of imidazole rings is 2. The number of ketones is 1. The molecule has 32 heavy (non-hydrogen) atoms. The summed E-state index contributed by atoms with van der Waals surface area (Å²) in [7, 11) is 3.69. The second kappa shape index (κ2) is 7.52. The lowest BCUT2D eigenvalue weighted by atomic mass is 10.1. The van der Waals surface area contributed by atoms with Gasteiger partial charge in [0.05, 0.1) is 41.5 Å². The monoisotopic (exact) mass is 429 g/mol. The normalized spacial score (nSPS) is 11.4. The van der Waals surface area contributed by atoms with Crippen LogP contribution in [0.3, 0.4) is 0 Å². The van der Waals surface area contributed by atoms with Gasteiger partial charge in [-0.3, -0.25) is 9.48 Å². The van der Waals surface area contributed by atoms with E-state index in [9.17, 15) is 9.18 Å². The van der Waals surface area contributed by atoms with Gasteiger partial charge in [0.1, 0.15) is 17.3 Å². The van der Waals surface area contributed by atoms with Crippen LogP contribution in [0.15, 0.2) is 55.0 Å². The van der Waals surface area contributed by atoms with Gasteiger partial charge >= 0.3 is 0 Å². The third-order valence-corrected chi connectivity index (χ3v) is 5.42. The molecule has 0 fully saturated rings. The zero-order chi connectivity index (χ0) is 22.4. The standard InChI is InChI=1S/C23H20FN7O/c1-14-26-22(15-4-6-17(24)7-5-15)23(30(14)3)19-8-9-21-27-18(13-31(21)28-19)10-20(32)16-11-25-29(2)12-16/h4-9,11-13H,10H2,1-3H3. The molecule has 0 bridgehead atoms. The largest absolute Gasteiger partial charge is 0.330 e. The van der Waals surface area contributed by atoms with E-state index in [0.29, 0.717) is 22.6 Å². The van der Waals surface area contributed by atoms with Crippen molar-refractivity contribution in [3.8, 4) is 22.6 Å². The molecule has 0 unspecified atom stereocenters. The molecule has 4 heterocycles. The maximum Gasteiger partial charge on any atom is 0.172 e. The molecule has 9 heteroatoms. The molecule has 8 nitrogen and oxygen atoms in total. The number of carbonyl (C=O) groups excluding carboxylic acids is 1. The third-order valence-electron chi connectivity index (χ3n) is 5.42. The van der Waals surface area contributed by atoms with E-state index >= 15 is 0 Å². The van der Waals surface area contributed by atoms with Crippen LogP contribution in [-0.2, 0) is 20.5 Å². The summed E-state index contributed by atoms with van der Waals surface area (Å²) >= 11 is 0. The number of benzene rings is 1. The summed E-state index contributed by atoms with van der Waals surface area (Å²) in [5.74, 6) is 0.464. The second-order valence-corrected chi connectivity index (χ2v) is 7.68. The Bertz CT molecular complexity index is 1460. The number of fused-ring (bicyclic) bond motifs is 1. The highest BCUT2D eigenvalue weighted by Crippen LogP contribution is 2.31. The Kier molecular flexibility index (Phi) is 4.66. The van der Waals surface area contributed by atoms with E-state index in [0.717, 1.165) is 22.8 Å². The van der Waals surface area contributed by atoms with E-state index in [4.69, 9.17) is 5.10 Å². The van der Waals surface area contributed by atoms with Gasteiger partial charge in [0, 0.05) is 25.9 Å². The minimum atomic E-state index is -0.297. The molecule has 160 valence electrons. The molecule has 0 N–H and O–H groups in total. The Morgan fingerprint density at radius 1 is 1.03 bits per heavy atom. The number of aryl methyl sites for hydroxylation is 2. The van der Waals surface area contributed by atoms with Crippen molar-refractivity contribution in [2.24, 2.45) is 14.1 Å². The van der Waals surface area contributed by atoms with Gasteiger partial charge in [0.2, 0.25) is 0 Å². The molecule has 0 aliphatic heterocycles. The Hall–Kier alpha value is -4.14. The highest BCUT2D eigenvalue weighted by Gasteiger charge is 2.19. The summed E-state index contributed by atoms with van der Waals surface area (Å²) in [6.07, 6.45) is 5.16. The maximum atomic E-state index is 13.4. The average Bonchev–Trinajstić information content (AvgIpc) is 3.45. The highest BCUT2D eigenvalue weighted by molar-refractivity contribution is 5.96. The smallest absolute Gasteiger partial charge is 0.172 e. The number of rotatable bonds is 5. The molecule has 0 aliphatic carbocycles. The predicted molar refractivity (Wildman–Crippen MR) is 117 cm³/mol. The van der Waals surface area contributed by atoms with Gasteiger partial charge in [-0.15, -0.1) is 0 Å². The van der Waals surface area contributed by atoms with Crippen LogP contribution in [-0.4, -0.2) is 39.7 Å². The van der Waals surface area contributed by atoms with E-state index in [1.807, 2.05) is 30.7 Å². The summed E-state index contributed by atoms with van der Waals surface area (Å²) in [4.78, 5) is 21.7. The molecular formula is C23H20FN7O. The molecule has 0 aliphatic rings. The van der Waals surface area contributed by atoms with Crippen LogP contribution in [0, 0.1) is 12.7 Å². The van der Waals surface area contributed by atoms with Crippen molar-refractivity contribution in [1.29, 1.82) is 0 Å². The summed E-state index contributed by atoms with van der Waals surface area (Å²) in [5, 5.41) is 8.76. The molecule has 5 aromatic rings. The number of hydrogen-bond acceptors (Lipinski definition) is 5. The minimum absolute atomic E-state index is 0.0532. The quantitative estimate of drug-likeness (QED) is 0.400. The predicted octanol–water partition coefficient (Wildman–Crippen LogP) is 3.40. The first-order chi connectivity index (χ1) is 15.4. The third kappa shape index (κ3) is 3.47. The van der Waals surface area contributed by atoms with Crippen LogP contribution >= 0.6 is 0 Å². The van der Waals surface area contributed by atoms with Crippen molar-refractivity contribution in [1.82, 2.24) is 33.9 Å². The summed E-state index contributed by atoms with van der Waals surface area (Å²) in [5.41, 5.74) is 4.87. The second-order valence-electron chi connectivity index (χ2n) is 7.68. The number of halogens is 1. The fourth-order valence-corrected chi connectivity index (χ4v) is 3.69. The lowest BCUT2D eigenvalue weighted by molar-refractivity contribution is 0.0992. The summed E-state index contributed by atoms with van der Waals surface area (Å²) in [6.45, 7) is 1.91. The number of aromatic nitrogens is 7. The first-order valence-corrected chi connectivity index (χ1v) is 10.1. The van der Waals surface area contributed by atoms with E-state index in [-0.39, 0.29) is 18.0 Å². The van der Waals surface area contributed by atoms with Gasteiger partial charge < -0.3 is 4.57 Å². The van der Waals surface area contributed by atoms with Gasteiger partial charge in [0.15, 0.2) is 11.4 Å². The van der Waals surface area contributed by atoms with Gasteiger partial charge in [-0.1, -0.05) is 0 Å². The number of carbonyl (C=O) groups is 1. The molecule has 5 rings (SSSR count). The Morgan fingerprint density at radius 3 is 2.53 bits per heavy atom. The van der Waals surface area contributed by atoms with Crippen LogP contribution in [0.4, 0.5) is 4.39 Å². The van der Waals surface area contributed by atoms with Crippen LogP contribution in [0.25, 0.3) is 28.3 Å². The first-order valence-electron chi connectivity index (χ1n) is 10.1.